The second kappa shape index (κ2) is 8.24. The van der Waals surface area contributed by atoms with Gasteiger partial charge in [-0.3, -0.25) is 10.00 Å². The zero-order valence-electron chi connectivity index (χ0n) is 17.8. The standard InChI is InChI=1S/C24H28N6O/c1-17-4-9-20-21(12-17)28-29-23(20)22(27-25)13-26-19-7-5-18(6-8-19)14-30-11-3-2-10-24(30)15-31-16-24/h4-9,12-13,25-26H,2-3,10-11,14-16H2,1H3,(H,28,29)/b22-13-,27-25?. The van der Waals surface area contributed by atoms with Crippen molar-refractivity contribution < 1.29 is 4.74 Å². The lowest BCUT2D eigenvalue weighted by Crippen LogP contribution is -2.63. The van der Waals surface area contributed by atoms with Crippen molar-refractivity contribution in [3.8, 4) is 0 Å². The summed E-state index contributed by atoms with van der Waals surface area (Å²) < 4.78 is 5.54. The van der Waals surface area contributed by atoms with E-state index in [1.165, 1.54) is 24.8 Å². The molecule has 7 nitrogen and oxygen atoms in total. The molecule has 0 saturated carbocycles. The van der Waals surface area contributed by atoms with Gasteiger partial charge in [0.05, 0.1) is 24.3 Å². The van der Waals surface area contributed by atoms with Crippen molar-refractivity contribution in [2.45, 2.75) is 38.3 Å². The minimum Gasteiger partial charge on any atom is -0.377 e. The number of benzene rings is 2. The van der Waals surface area contributed by atoms with Gasteiger partial charge in [-0.15, -0.1) is 0 Å². The van der Waals surface area contributed by atoms with Crippen molar-refractivity contribution in [1.29, 1.82) is 5.53 Å². The zero-order valence-corrected chi connectivity index (χ0v) is 17.8. The maximum Gasteiger partial charge on any atom is 0.129 e. The summed E-state index contributed by atoms with van der Waals surface area (Å²) in [6.45, 7) is 5.90. The number of aromatic amines is 1. The number of aryl methyl sites for hydroxylation is 1. The first-order chi connectivity index (χ1) is 15.2. The highest BCUT2D eigenvalue weighted by Gasteiger charge is 2.45. The minimum atomic E-state index is 0.271. The number of hydrogen-bond acceptors (Lipinski definition) is 6. The molecule has 31 heavy (non-hydrogen) atoms. The molecule has 2 saturated heterocycles. The molecule has 2 aromatic carbocycles. The van der Waals surface area contributed by atoms with E-state index in [9.17, 15) is 0 Å². The first kappa shape index (κ1) is 19.9. The molecule has 1 spiro atoms. The van der Waals surface area contributed by atoms with Crippen LogP contribution in [0.5, 0.6) is 0 Å². The summed E-state index contributed by atoms with van der Waals surface area (Å²) in [6.07, 6.45) is 5.57. The molecular weight excluding hydrogens is 388 g/mol. The number of ether oxygens (including phenoxy) is 1. The zero-order chi connectivity index (χ0) is 21.3. The largest absolute Gasteiger partial charge is 0.377 e. The average Bonchev–Trinajstić information content (AvgIpc) is 3.17. The van der Waals surface area contributed by atoms with Gasteiger partial charge in [-0.25, -0.2) is 5.53 Å². The Morgan fingerprint density at radius 2 is 2.10 bits per heavy atom. The van der Waals surface area contributed by atoms with Crippen LogP contribution < -0.4 is 5.32 Å². The van der Waals surface area contributed by atoms with E-state index in [4.69, 9.17) is 10.3 Å². The third-order valence-electron chi connectivity index (χ3n) is 6.52. The number of piperidine rings is 1. The van der Waals surface area contributed by atoms with Gasteiger partial charge in [-0.05, 0) is 55.6 Å². The lowest BCUT2D eigenvalue weighted by atomic mass is 9.84. The van der Waals surface area contributed by atoms with Crippen molar-refractivity contribution in [3.05, 3.63) is 65.5 Å². The van der Waals surface area contributed by atoms with E-state index >= 15 is 0 Å². The first-order valence-electron chi connectivity index (χ1n) is 10.9. The first-order valence-corrected chi connectivity index (χ1v) is 10.9. The molecule has 1 aromatic heterocycles. The number of rotatable bonds is 6. The van der Waals surface area contributed by atoms with Gasteiger partial charge < -0.3 is 10.1 Å². The third-order valence-corrected chi connectivity index (χ3v) is 6.52. The van der Waals surface area contributed by atoms with Gasteiger partial charge in [0.25, 0.3) is 0 Å². The highest BCUT2D eigenvalue weighted by molar-refractivity contribution is 5.90. The summed E-state index contributed by atoms with van der Waals surface area (Å²) in [4.78, 5) is 2.60. The number of likely N-dealkylation sites (tertiary alicyclic amines) is 1. The molecule has 0 bridgehead atoms. The minimum absolute atomic E-state index is 0.271. The van der Waals surface area contributed by atoms with Crippen LogP contribution in [-0.4, -0.2) is 40.4 Å². The average molecular weight is 417 g/mol. The molecule has 0 unspecified atom stereocenters. The topological polar surface area (TPSA) is 89.4 Å². The molecule has 160 valence electrons. The van der Waals surface area contributed by atoms with Gasteiger partial charge >= 0.3 is 0 Å². The van der Waals surface area contributed by atoms with Crippen LogP contribution in [0.15, 0.2) is 53.8 Å². The number of aromatic nitrogens is 2. The second-order valence-corrected chi connectivity index (χ2v) is 8.70. The molecule has 0 radical (unpaired) electrons. The Bertz CT molecular complexity index is 1110. The number of hydrogen-bond donors (Lipinski definition) is 3. The van der Waals surface area contributed by atoms with Crippen molar-refractivity contribution in [1.82, 2.24) is 15.1 Å². The molecule has 7 heteroatoms. The molecule has 3 aromatic rings. The lowest BCUT2D eigenvalue weighted by molar-refractivity contribution is -0.159. The van der Waals surface area contributed by atoms with Gasteiger partial charge in [0, 0.05) is 23.8 Å². The van der Waals surface area contributed by atoms with Crippen molar-refractivity contribution in [2.24, 2.45) is 5.11 Å². The molecule has 3 N–H and O–H groups in total. The van der Waals surface area contributed by atoms with E-state index < -0.39 is 0 Å². The van der Waals surface area contributed by atoms with Crippen LogP contribution in [-0.2, 0) is 11.3 Å². The number of anilines is 1. The summed E-state index contributed by atoms with van der Waals surface area (Å²) in [5.74, 6) is 0. The molecule has 2 aliphatic heterocycles. The Kier molecular flexibility index (Phi) is 5.29. The maximum atomic E-state index is 7.60. The number of nitrogens with one attached hydrogen (secondary N) is 3. The van der Waals surface area contributed by atoms with E-state index in [0.29, 0.717) is 11.4 Å². The quantitative estimate of drug-likeness (QED) is 0.490. The van der Waals surface area contributed by atoms with E-state index in [1.54, 1.807) is 6.20 Å². The van der Waals surface area contributed by atoms with Gasteiger partial charge in [0.2, 0.25) is 0 Å². The van der Waals surface area contributed by atoms with E-state index in [1.807, 2.05) is 25.1 Å². The smallest absolute Gasteiger partial charge is 0.129 e. The van der Waals surface area contributed by atoms with Crippen LogP contribution in [0.3, 0.4) is 0 Å². The normalized spacial score (nSPS) is 18.8. The molecule has 5 rings (SSSR count). The highest BCUT2D eigenvalue weighted by Crippen LogP contribution is 2.35. The van der Waals surface area contributed by atoms with Crippen LogP contribution in [0, 0.1) is 12.5 Å². The van der Waals surface area contributed by atoms with Crippen LogP contribution in [0.25, 0.3) is 16.6 Å². The molecule has 2 fully saturated rings. The molecule has 0 atom stereocenters. The molecule has 0 amide bonds. The van der Waals surface area contributed by atoms with Gasteiger partial charge in [0.1, 0.15) is 11.4 Å². The fourth-order valence-corrected chi connectivity index (χ4v) is 4.62. The Labute approximate surface area is 182 Å². The predicted octanol–water partition coefficient (Wildman–Crippen LogP) is 5.07. The summed E-state index contributed by atoms with van der Waals surface area (Å²) in [6, 6.07) is 14.6. The Morgan fingerprint density at radius 1 is 1.26 bits per heavy atom. The van der Waals surface area contributed by atoms with Crippen LogP contribution in [0.2, 0.25) is 0 Å². The van der Waals surface area contributed by atoms with Gasteiger partial charge in [0.15, 0.2) is 0 Å². The maximum absolute atomic E-state index is 7.60. The van der Waals surface area contributed by atoms with Gasteiger partial charge in [-0.2, -0.15) is 10.2 Å². The van der Waals surface area contributed by atoms with E-state index in [-0.39, 0.29) is 5.54 Å². The molecule has 0 aliphatic carbocycles. The summed E-state index contributed by atoms with van der Waals surface area (Å²) >= 11 is 0. The lowest BCUT2D eigenvalue weighted by Gasteiger charge is -2.52. The number of H-pyrrole nitrogens is 1. The SMILES string of the molecule is Cc1ccc2c(/C(=C/Nc3ccc(CN4CCCCC45COC5)cc3)N=N)n[nH]c2c1. The fourth-order valence-electron chi connectivity index (χ4n) is 4.62. The van der Waals surface area contributed by atoms with Gasteiger partial charge in [-0.1, -0.05) is 30.7 Å². The van der Waals surface area contributed by atoms with E-state index in [0.717, 1.165) is 48.5 Å². The summed E-state index contributed by atoms with van der Waals surface area (Å²) in [5, 5.41) is 15.3. The van der Waals surface area contributed by atoms with Crippen molar-refractivity contribution >= 4 is 22.3 Å². The summed E-state index contributed by atoms with van der Waals surface area (Å²) in [7, 11) is 0. The predicted molar refractivity (Wildman–Crippen MR) is 122 cm³/mol. The van der Waals surface area contributed by atoms with Crippen molar-refractivity contribution in [3.63, 3.8) is 0 Å². The van der Waals surface area contributed by atoms with E-state index in [2.05, 4.69) is 49.8 Å². The molecule has 3 heterocycles. The Morgan fingerprint density at radius 3 is 2.84 bits per heavy atom. The monoisotopic (exact) mass is 416 g/mol. The fraction of sp³-hybridized carbons (Fsp3) is 0.375. The van der Waals surface area contributed by atoms with Crippen LogP contribution in [0.1, 0.15) is 36.1 Å². The second-order valence-electron chi connectivity index (χ2n) is 8.70. The molecular formula is C24H28N6O. The third kappa shape index (κ3) is 3.86. The summed E-state index contributed by atoms with van der Waals surface area (Å²) in [5.41, 5.74) is 13.4. The molecule has 2 aliphatic rings. The number of nitrogens with zero attached hydrogens (tertiary/aromatic N) is 3. The Balaban J connectivity index is 1.28. The van der Waals surface area contributed by atoms with Crippen LogP contribution >= 0.6 is 0 Å². The number of fused-ring (bicyclic) bond motifs is 1. The van der Waals surface area contributed by atoms with Crippen molar-refractivity contribution in [2.75, 3.05) is 25.1 Å². The Hall–Kier alpha value is -3.03. The van der Waals surface area contributed by atoms with Crippen LogP contribution in [0.4, 0.5) is 5.69 Å². The highest BCUT2D eigenvalue weighted by atomic mass is 16.5.